The Labute approximate surface area is 70.5 Å². The lowest BCUT2D eigenvalue weighted by Crippen LogP contribution is -2.20. The van der Waals surface area contributed by atoms with Gasteiger partial charge in [-0.2, -0.15) is 0 Å². The van der Waals surface area contributed by atoms with E-state index >= 15 is 0 Å². The fourth-order valence-electron chi connectivity index (χ4n) is 0.894. The van der Waals surface area contributed by atoms with Crippen LogP contribution in [-0.4, -0.2) is 18.0 Å². The first-order chi connectivity index (χ1) is 4.26. The van der Waals surface area contributed by atoms with Crippen LogP contribution in [0.15, 0.2) is 12.3 Å². The Bertz CT molecular complexity index is 87.3. The van der Waals surface area contributed by atoms with Crippen LogP contribution in [-0.2, 0) is 0 Å². The summed E-state index contributed by atoms with van der Waals surface area (Å²) in [6.45, 7) is 12.6. The molecule has 0 aromatic carbocycles. The largest absolute Gasteiger partial charge is 0.376 e. The van der Waals surface area contributed by atoms with Crippen LogP contribution in [0.3, 0.4) is 0 Å². The molecular weight excluding hydrogens is 146 g/mol. The summed E-state index contributed by atoms with van der Waals surface area (Å²) in [6, 6.07) is 0. The zero-order valence-corrected chi connectivity index (χ0v) is 8.00. The molecule has 0 aliphatic carbocycles. The average Bonchev–Trinajstić information content (AvgIpc) is 1.90. The lowest BCUT2D eigenvalue weighted by atomic mass is 10.3. The topological polar surface area (TPSA) is 3.24 Å². The van der Waals surface area contributed by atoms with Gasteiger partial charge in [0.25, 0.3) is 0 Å². The Morgan fingerprint density at radius 2 is 1.60 bits per heavy atom. The summed E-state index contributed by atoms with van der Waals surface area (Å²) in [5.74, 6) is 0. The van der Waals surface area contributed by atoms with Crippen molar-refractivity contribution in [3.63, 3.8) is 0 Å². The van der Waals surface area contributed by atoms with Crippen LogP contribution in [0.1, 0.15) is 27.2 Å². The van der Waals surface area contributed by atoms with E-state index in [4.69, 9.17) is 0 Å². The lowest BCUT2D eigenvalue weighted by molar-refractivity contribution is 0.373. The standard InChI is InChI=1S/C8H17N.ClH/c1-5-8(4)9(6-2)7-3;/h4-7H2,1-3H3;1H. The van der Waals surface area contributed by atoms with Crippen LogP contribution >= 0.6 is 12.4 Å². The molecule has 0 saturated carbocycles. The molecule has 10 heavy (non-hydrogen) atoms. The SMILES string of the molecule is C=C(CC)N(CC)CC.Cl. The molecule has 62 valence electrons. The first-order valence-electron chi connectivity index (χ1n) is 3.68. The van der Waals surface area contributed by atoms with Crippen LogP contribution < -0.4 is 0 Å². The van der Waals surface area contributed by atoms with Crippen LogP contribution in [0.25, 0.3) is 0 Å². The molecule has 0 aromatic rings. The summed E-state index contributed by atoms with van der Waals surface area (Å²) in [5.41, 5.74) is 1.25. The summed E-state index contributed by atoms with van der Waals surface area (Å²) < 4.78 is 0. The summed E-state index contributed by atoms with van der Waals surface area (Å²) in [6.07, 6.45) is 1.07. The summed E-state index contributed by atoms with van der Waals surface area (Å²) in [7, 11) is 0. The van der Waals surface area contributed by atoms with Gasteiger partial charge in [-0.25, -0.2) is 0 Å². The highest BCUT2D eigenvalue weighted by molar-refractivity contribution is 5.85. The van der Waals surface area contributed by atoms with Crippen LogP contribution in [0.5, 0.6) is 0 Å². The molecule has 0 radical (unpaired) electrons. The number of rotatable bonds is 4. The molecule has 0 fully saturated rings. The quantitative estimate of drug-likeness (QED) is 0.616. The zero-order chi connectivity index (χ0) is 7.28. The molecule has 0 spiro atoms. The molecule has 0 rings (SSSR count). The zero-order valence-electron chi connectivity index (χ0n) is 7.18. The number of halogens is 1. The highest BCUT2D eigenvalue weighted by atomic mass is 35.5. The third-order valence-electron chi connectivity index (χ3n) is 1.62. The van der Waals surface area contributed by atoms with E-state index in [2.05, 4.69) is 32.3 Å². The van der Waals surface area contributed by atoms with Crippen molar-refractivity contribution in [3.05, 3.63) is 12.3 Å². The molecule has 1 nitrogen and oxygen atoms in total. The van der Waals surface area contributed by atoms with Gasteiger partial charge in [0.2, 0.25) is 0 Å². The molecule has 0 heterocycles. The predicted molar refractivity (Wildman–Crippen MR) is 49.6 cm³/mol. The highest BCUT2D eigenvalue weighted by Crippen LogP contribution is 2.03. The second-order valence-electron chi connectivity index (χ2n) is 2.09. The second kappa shape index (κ2) is 6.94. The summed E-state index contributed by atoms with van der Waals surface area (Å²) >= 11 is 0. The molecule has 0 bridgehead atoms. The molecule has 0 aliphatic heterocycles. The van der Waals surface area contributed by atoms with Gasteiger partial charge in [0, 0.05) is 18.8 Å². The molecule has 0 saturated heterocycles. The van der Waals surface area contributed by atoms with E-state index in [1.54, 1.807) is 0 Å². The van der Waals surface area contributed by atoms with Gasteiger partial charge in [0.1, 0.15) is 0 Å². The fraction of sp³-hybridized carbons (Fsp3) is 0.750. The number of hydrogen-bond acceptors (Lipinski definition) is 1. The number of allylic oxidation sites excluding steroid dienone is 1. The summed E-state index contributed by atoms with van der Waals surface area (Å²) in [5, 5.41) is 0. The lowest BCUT2D eigenvalue weighted by Gasteiger charge is -2.21. The maximum Gasteiger partial charge on any atom is 0.0146 e. The molecule has 0 amide bonds. The predicted octanol–water partition coefficient (Wildman–Crippen LogP) is 2.67. The van der Waals surface area contributed by atoms with Gasteiger partial charge in [-0.3, -0.25) is 0 Å². The minimum atomic E-state index is 0. The van der Waals surface area contributed by atoms with Crippen molar-refractivity contribution in [2.24, 2.45) is 0 Å². The van der Waals surface area contributed by atoms with Crippen LogP contribution in [0.4, 0.5) is 0 Å². The number of nitrogens with zero attached hydrogens (tertiary/aromatic N) is 1. The van der Waals surface area contributed by atoms with E-state index < -0.39 is 0 Å². The molecule has 0 unspecified atom stereocenters. The van der Waals surface area contributed by atoms with Gasteiger partial charge in [0.15, 0.2) is 0 Å². The van der Waals surface area contributed by atoms with E-state index in [-0.39, 0.29) is 12.4 Å². The molecule has 0 aromatic heterocycles. The molecule has 0 N–H and O–H groups in total. The van der Waals surface area contributed by atoms with Gasteiger partial charge >= 0.3 is 0 Å². The minimum Gasteiger partial charge on any atom is -0.376 e. The smallest absolute Gasteiger partial charge is 0.0146 e. The van der Waals surface area contributed by atoms with Crippen LogP contribution in [0.2, 0.25) is 0 Å². The third-order valence-corrected chi connectivity index (χ3v) is 1.62. The normalized spacial score (nSPS) is 8.30. The van der Waals surface area contributed by atoms with Crippen molar-refractivity contribution < 1.29 is 0 Å². The van der Waals surface area contributed by atoms with Gasteiger partial charge in [-0.05, 0) is 20.3 Å². The first-order valence-corrected chi connectivity index (χ1v) is 3.68. The Balaban J connectivity index is 0. The maximum absolute atomic E-state index is 3.94. The molecule has 0 atom stereocenters. The average molecular weight is 164 g/mol. The highest BCUT2D eigenvalue weighted by Gasteiger charge is 1.97. The van der Waals surface area contributed by atoms with E-state index in [1.165, 1.54) is 5.70 Å². The molecular formula is C8H18ClN. The number of hydrogen-bond donors (Lipinski definition) is 0. The minimum absolute atomic E-state index is 0. The van der Waals surface area contributed by atoms with Gasteiger partial charge < -0.3 is 4.90 Å². The third kappa shape index (κ3) is 3.78. The van der Waals surface area contributed by atoms with E-state index in [1.807, 2.05) is 0 Å². The Kier molecular flexibility index (Phi) is 8.68. The van der Waals surface area contributed by atoms with Gasteiger partial charge in [-0.15, -0.1) is 12.4 Å². The first kappa shape index (κ1) is 12.5. The molecule has 2 heteroatoms. The van der Waals surface area contributed by atoms with E-state index in [0.29, 0.717) is 0 Å². The van der Waals surface area contributed by atoms with Gasteiger partial charge in [0.05, 0.1) is 0 Å². The Hall–Kier alpha value is -0.170. The van der Waals surface area contributed by atoms with Crippen molar-refractivity contribution in [1.29, 1.82) is 0 Å². The van der Waals surface area contributed by atoms with Crippen molar-refractivity contribution >= 4 is 12.4 Å². The van der Waals surface area contributed by atoms with Crippen molar-refractivity contribution in [2.75, 3.05) is 13.1 Å². The summed E-state index contributed by atoms with van der Waals surface area (Å²) in [4.78, 5) is 2.28. The van der Waals surface area contributed by atoms with Crippen molar-refractivity contribution in [2.45, 2.75) is 27.2 Å². The Morgan fingerprint density at radius 3 is 1.70 bits per heavy atom. The van der Waals surface area contributed by atoms with Gasteiger partial charge in [-0.1, -0.05) is 13.5 Å². The van der Waals surface area contributed by atoms with E-state index in [9.17, 15) is 0 Å². The van der Waals surface area contributed by atoms with Crippen LogP contribution in [0, 0.1) is 0 Å². The maximum atomic E-state index is 3.94. The van der Waals surface area contributed by atoms with E-state index in [0.717, 1.165) is 19.5 Å². The van der Waals surface area contributed by atoms with Crippen molar-refractivity contribution in [3.8, 4) is 0 Å². The fourth-order valence-corrected chi connectivity index (χ4v) is 0.894. The second-order valence-corrected chi connectivity index (χ2v) is 2.09. The monoisotopic (exact) mass is 163 g/mol. The van der Waals surface area contributed by atoms with Crippen molar-refractivity contribution in [1.82, 2.24) is 4.90 Å². The Morgan fingerprint density at radius 1 is 1.20 bits per heavy atom. The molecule has 0 aliphatic rings.